The highest BCUT2D eigenvalue weighted by atomic mass is 16.5. The van der Waals surface area contributed by atoms with Crippen LogP contribution in [-0.2, 0) is 14.3 Å². The van der Waals surface area contributed by atoms with Crippen molar-refractivity contribution in [1.82, 2.24) is 10.2 Å². The fourth-order valence-electron chi connectivity index (χ4n) is 3.50. The summed E-state index contributed by atoms with van der Waals surface area (Å²) in [6.45, 7) is 8.89. The zero-order chi connectivity index (χ0) is 22.1. The first kappa shape index (κ1) is 23.7. The second-order valence-corrected chi connectivity index (χ2v) is 7.94. The highest BCUT2D eigenvalue weighted by Gasteiger charge is 2.31. The predicted molar refractivity (Wildman–Crippen MR) is 114 cm³/mol. The van der Waals surface area contributed by atoms with Crippen LogP contribution in [-0.4, -0.2) is 54.5 Å². The zero-order valence-corrected chi connectivity index (χ0v) is 18.5. The van der Waals surface area contributed by atoms with Crippen molar-refractivity contribution in [3.63, 3.8) is 0 Å². The van der Waals surface area contributed by atoms with Crippen LogP contribution in [0.2, 0.25) is 0 Å². The van der Waals surface area contributed by atoms with Gasteiger partial charge in [-0.2, -0.15) is 0 Å². The van der Waals surface area contributed by atoms with E-state index in [1.165, 1.54) is 0 Å². The molecule has 1 N–H and O–H groups in total. The van der Waals surface area contributed by atoms with Crippen LogP contribution in [0.15, 0.2) is 24.3 Å². The van der Waals surface area contributed by atoms with E-state index in [1.807, 2.05) is 20.8 Å². The maximum atomic E-state index is 12.8. The third-order valence-corrected chi connectivity index (χ3v) is 5.20. The summed E-state index contributed by atoms with van der Waals surface area (Å²) in [5, 5.41) is 2.75. The van der Waals surface area contributed by atoms with Crippen molar-refractivity contribution in [3.8, 4) is 5.75 Å². The molecule has 1 aliphatic rings. The third-order valence-electron chi connectivity index (χ3n) is 5.20. The maximum absolute atomic E-state index is 12.8. The Morgan fingerprint density at radius 2 is 1.67 bits per heavy atom. The van der Waals surface area contributed by atoms with Crippen molar-refractivity contribution in [2.24, 2.45) is 5.92 Å². The van der Waals surface area contributed by atoms with Gasteiger partial charge in [0.1, 0.15) is 11.8 Å². The first-order valence-corrected chi connectivity index (χ1v) is 10.9. The van der Waals surface area contributed by atoms with Gasteiger partial charge in [0.25, 0.3) is 11.8 Å². The molecule has 7 nitrogen and oxygen atoms in total. The number of amides is 2. The number of carbonyl (C=O) groups excluding carboxylic acids is 3. The first-order chi connectivity index (χ1) is 14.3. The van der Waals surface area contributed by atoms with E-state index < -0.39 is 24.0 Å². The van der Waals surface area contributed by atoms with Crippen molar-refractivity contribution >= 4 is 17.8 Å². The number of esters is 1. The molecule has 2 rings (SSSR count). The standard InChI is InChI=1S/C23H34N2O5/c1-5-29-19-13-9-8-12-18(19)21(26)24-20(16(2)3)23(28)30-17(4)22(27)25-14-10-6-7-11-15-25/h8-9,12-13,16-17,20H,5-7,10-11,14-15H2,1-4H3,(H,24,26)/t17?,20-/m0/s1. The minimum Gasteiger partial charge on any atom is -0.493 e. The van der Waals surface area contributed by atoms with Crippen LogP contribution >= 0.6 is 0 Å². The lowest BCUT2D eigenvalue weighted by Crippen LogP contribution is -2.48. The van der Waals surface area contributed by atoms with E-state index in [1.54, 1.807) is 36.1 Å². The van der Waals surface area contributed by atoms with Crippen LogP contribution in [0.5, 0.6) is 5.75 Å². The molecule has 30 heavy (non-hydrogen) atoms. The van der Waals surface area contributed by atoms with Crippen LogP contribution in [0.4, 0.5) is 0 Å². The fraction of sp³-hybridized carbons (Fsp3) is 0.609. The Kier molecular flexibility index (Phi) is 9.15. The number of nitrogens with zero attached hydrogens (tertiary/aromatic N) is 1. The van der Waals surface area contributed by atoms with E-state index >= 15 is 0 Å². The van der Waals surface area contributed by atoms with Crippen LogP contribution in [0.25, 0.3) is 0 Å². The molecule has 2 atom stereocenters. The summed E-state index contributed by atoms with van der Waals surface area (Å²) in [5.41, 5.74) is 0.353. The molecule has 0 aromatic heterocycles. The van der Waals surface area contributed by atoms with Crippen LogP contribution < -0.4 is 10.1 Å². The number of carbonyl (C=O) groups is 3. The van der Waals surface area contributed by atoms with Crippen LogP contribution in [0.1, 0.15) is 63.7 Å². The van der Waals surface area contributed by atoms with Gasteiger partial charge in [0.05, 0.1) is 12.2 Å². The molecule has 0 spiro atoms. The van der Waals surface area contributed by atoms with Gasteiger partial charge in [-0.25, -0.2) is 4.79 Å². The van der Waals surface area contributed by atoms with Gasteiger partial charge in [-0.1, -0.05) is 38.8 Å². The number of hydrogen-bond donors (Lipinski definition) is 1. The van der Waals surface area contributed by atoms with Crippen molar-refractivity contribution in [2.45, 2.75) is 65.5 Å². The Balaban J connectivity index is 2.03. The number of benzene rings is 1. The van der Waals surface area contributed by atoms with Gasteiger partial charge in [0, 0.05) is 13.1 Å². The molecular formula is C23H34N2O5. The van der Waals surface area contributed by atoms with E-state index in [0.29, 0.717) is 31.0 Å². The summed E-state index contributed by atoms with van der Waals surface area (Å²) in [4.78, 5) is 40.0. The lowest BCUT2D eigenvalue weighted by molar-refractivity contribution is -0.161. The predicted octanol–water partition coefficient (Wildman–Crippen LogP) is 3.17. The average molecular weight is 419 g/mol. The third kappa shape index (κ3) is 6.47. The number of likely N-dealkylation sites (tertiary alicyclic amines) is 1. The lowest BCUT2D eigenvalue weighted by atomic mass is 10.0. The van der Waals surface area contributed by atoms with E-state index in [2.05, 4.69) is 5.32 Å². The molecule has 0 radical (unpaired) electrons. The van der Waals surface area contributed by atoms with Crippen molar-refractivity contribution in [3.05, 3.63) is 29.8 Å². The number of ether oxygens (including phenoxy) is 2. The lowest BCUT2D eigenvalue weighted by Gasteiger charge is -2.26. The molecule has 1 aliphatic heterocycles. The van der Waals surface area contributed by atoms with Gasteiger partial charge >= 0.3 is 5.97 Å². The number of nitrogens with one attached hydrogen (secondary N) is 1. The molecule has 1 fully saturated rings. The van der Waals surface area contributed by atoms with Gasteiger partial charge in [-0.3, -0.25) is 9.59 Å². The Morgan fingerprint density at radius 3 is 2.27 bits per heavy atom. The normalized spacial score (nSPS) is 16.4. The minimum atomic E-state index is -0.885. The summed E-state index contributed by atoms with van der Waals surface area (Å²) >= 11 is 0. The second kappa shape index (κ2) is 11.6. The van der Waals surface area contributed by atoms with E-state index in [-0.39, 0.29) is 11.8 Å². The zero-order valence-electron chi connectivity index (χ0n) is 18.5. The molecule has 166 valence electrons. The largest absolute Gasteiger partial charge is 0.493 e. The number of rotatable bonds is 8. The Hall–Kier alpha value is -2.57. The minimum absolute atomic E-state index is 0.180. The Morgan fingerprint density at radius 1 is 1.03 bits per heavy atom. The van der Waals surface area contributed by atoms with Gasteiger partial charge in [-0.05, 0) is 44.7 Å². The smallest absolute Gasteiger partial charge is 0.329 e. The molecule has 1 saturated heterocycles. The molecule has 1 unspecified atom stereocenters. The summed E-state index contributed by atoms with van der Waals surface area (Å²) in [5.74, 6) is -0.954. The van der Waals surface area contributed by atoms with Gasteiger partial charge in [0.2, 0.25) is 0 Å². The summed E-state index contributed by atoms with van der Waals surface area (Å²) in [7, 11) is 0. The molecule has 1 heterocycles. The fourth-order valence-corrected chi connectivity index (χ4v) is 3.50. The van der Waals surface area contributed by atoms with Crippen LogP contribution in [0, 0.1) is 5.92 Å². The maximum Gasteiger partial charge on any atom is 0.329 e. The highest BCUT2D eigenvalue weighted by molar-refractivity contribution is 5.99. The summed E-state index contributed by atoms with van der Waals surface area (Å²) in [6.07, 6.45) is 3.28. The Labute approximate surface area is 179 Å². The second-order valence-electron chi connectivity index (χ2n) is 7.94. The van der Waals surface area contributed by atoms with E-state index in [0.717, 1.165) is 25.7 Å². The molecule has 0 saturated carbocycles. The number of para-hydroxylation sites is 1. The monoisotopic (exact) mass is 418 g/mol. The van der Waals surface area contributed by atoms with Crippen molar-refractivity contribution in [1.29, 1.82) is 0 Å². The Bertz CT molecular complexity index is 726. The highest BCUT2D eigenvalue weighted by Crippen LogP contribution is 2.19. The molecule has 2 amide bonds. The average Bonchev–Trinajstić information content (AvgIpc) is 3.01. The summed E-state index contributed by atoms with van der Waals surface area (Å²) < 4.78 is 11.0. The van der Waals surface area contributed by atoms with Gasteiger partial charge in [0.15, 0.2) is 6.10 Å². The quantitative estimate of drug-likeness (QED) is 0.656. The van der Waals surface area contributed by atoms with Gasteiger partial charge < -0.3 is 19.7 Å². The van der Waals surface area contributed by atoms with E-state index in [4.69, 9.17) is 9.47 Å². The molecule has 1 aromatic carbocycles. The molecule has 7 heteroatoms. The number of hydrogen-bond acceptors (Lipinski definition) is 5. The topological polar surface area (TPSA) is 84.9 Å². The molecule has 1 aromatic rings. The molecule has 0 aliphatic carbocycles. The summed E-state index contributed by atoms with van der Waals surface area (Å²) in [6, 6.07) is 6.01. The van der Waals surface area contributed by atoms with Crippen LogP contribution in [0.3, 0.4) is 0 Å². The molecule has 0 bridgehead atoms. The van der Waals surface area contributed by atoms with Crippen molar-refractivity contribution in [2.75, 3.05) is 19.7 Å². The molecular weight excluding hydrogens is 384 g/mol. The van der Waals surface area contributed by atoms with Crippen molar-refractivity contribution < 1.29 is 23.9 Å². The van der Waals surface area contributed by atoms with Gasteiger partial charge in [-0.15, -0.1) is 0 Å². The van der Waals surface area contributed by atoms with E-state index in [9.17, 15) is 14.4 Å². The first-order valence-electron chi connectivity index (χ1n) is 10.9. The SMILES string of the molecule is CCOc1ccccc1C(=O)N[C@H](C(=O)OC(C)C(=O)N1CCCCCC1)C(C)C.